The molecule has 0 saturated carbocycles. The fourth-order valence-electron chi connectivity index (χ4n) is 2.69. The average molecular weight is 288 g/mol. The standard InChI is InChI=1S/C14H16ClF2NO/c1-8-3-9(2)7-18(6-8)14(19)10-4-12(16)13(17)5-11(10)15/h4-5,8-9H,3,6-7H2,1-2H3/t8-,9-/m1/s1. The number of likely N-dealkylation sites (tertiary alicyclic amines) is 1. The van der Waals surface area contributed by atoms with Gasteiger partial charge in [-0.05, 0) is 30.4 Å². The van der Waals surface area contributed by atoms with Crippen molar-refractivity contribution in [3.05, 3.63) is 34.4 Å². The quantitative estimate of drug-likeness (QED) is 0.721. The third kappa shape index (κ3) is 3.06. The van der Waals surface area contributed by atoms with E-state index in [1.807, 2.05) is 0 Å². The van der Waals surface area contributed by atoms with Crippen molar-refractivity contribution < 1.29 is 13.6 Å². The van der Waals surface area contributed by atoms with E-state index in [-0.39, 0.29) is 16.5 Å². The Morgan fingerprint density at radius 1 is 1.21 bits per heavy atom. The minimum atomic E-state index is -1.05. The van der Waals surface area contributed by atoms with Gasteiger partial charge in [0.25, 0.3) is 5.91 Å². The number of hydrogen-bond donors (Lipinski definition) is 0. The summed E-state index contributed by atoms with van der Waals surface area (Å²) < 4.78 is 26.2. The van der Waals surface area contributed by atoms with Gasteiger partial charge >= 0.3 is 0 Å². The van der Waals surface area contributed by atoms with E-state index in [0.29, 0.717) is 24.9 Å². The zero-order chi connectivity index (χ0) is 14.2. The van der Waals surface area contributed by atoms with Crippen LogP contribution in [0.4, 0.5) is 8.78 Å². The van der Waals surface area contributed by atoms with Crippen molar-refractivity contribution >= 4 is 17.5 Å². The van der Waals surface area contributed by atoms with Gasteiger partial charge in [0.1, 0.15) is 0 Å². The first kappa shape index (κ1) is 14.3. The Morgan fingerprint density at radius 2 is 1.74 bits per heavy atom. The van der Waals surface area contributed by atoms with Crippen molar-refractivity contribution in [3.8, 4) is 0 Å². The molecule has 0 aliphatic carbocycles. The second-order valence-corrected chi connectivity index (χ2v) is 5.81. The highest BCUT2D eigenvalue weighted by atomic mass is 35.5. The van der Waals surface area contributed by atoms with Gasteiger partial charge in [-0.1, -0.05) is 25.4 Å². The van der Waals surface area contributed by atoms with E-state index in [0.717, 1.165) is 18.6 Å². The van der Waals surface area contributed by atoms with Crippen LogP contribution >= 0.6 is 11.6 Å². The van der Waals surface area contributed by atoms with Crippen LogP contribution in [-0.4, -0.2) is 23.9 Å². The van der Waals surface area contributed by atoms with Gasteiger partial charge in [0.05, 0.1) is 10.6 Å². The Hall–Kier alpha value is -1.16. The molecule has 0 N–H and O–H groups in total. The smallest absolute Gasteiger partial charge is 0.255 e. The van der Waals surface area contributed by atoms with E-state index in [1.165, 1.54) is 0 Å². The van der Waals surface area contributed by atoms with Gasteiger partial charge in [-0.3, -0.25) is 4.79 Å². The molecule has 1 saturated heterocycles. The number of amides is 1. The number of benzene rings is 1. The van der Waals surface area contributed by atoms with Crippen molar-refractivity contribution in [2.75, 3.05) is 13.1 Å². The minimum Gasteiger partial charge on any atom is -0.338 e. The number of carbonyl (C=O) groups excluding carboxylic acids is 1. The highest BCUT2D eigenvalue weighted by Gasteiger charge is 2.27. The molecule has 19 heavy (non-hydrogen) atoms. The van der Waals surface area contributed by atoms with Crippen LogP contribution in [0.2, 0.25) is 5.02 Å². The Kier molecular flexibility index (Phi) is 4.09. The number of hydrogen-bond acceptors (Lipinski definition) is 1. The SMILES string of the molecule is C[C@@H]1C[C@@H](C)CN(C(=O)c2cc(F)c(F)cc2Cl)C1. The van der Waals surface area contributed by atoms with Crippen LogP contribution in [0.25, 0.3) is 0 Å². The Labute approximate surface area is 116 Å². The molecule has 1 aromatic rings. The minimum absolute atomic E-state index is 0.0295. The van der Waals surface area contributed by atoms with Crippen LogP contribution in [-0.2, 0) is 0 Å². The normalized spacial score (nSPS) is 23.5. The molecule has 5 heteroatoms. The molecule has 0 spiro atoms. The largest absolute Gasteiger partial charge is 0.338 e. The summed E-state index contributed by atoms with van der Waals surface area (Å²) in [5, 5.41) is -0.0465. The molecule has 0 unspecified atom stereocenters. The van der Waals surface area contributed by atoms with E-state index in [2.05, 4.69) is 13.8 Å². The molecule has 1 heterocycles. The lowest BCUT2D eigenvalue weighted by Crippen LogP contribution is -2.42. The van der Waals surface area contributed by atoms with Crippen molar-refractivity contribution in [1.82, 2.24) is 4.90 Å². The summed E-state index contributed by atoms with van der Waals surface area (Å²) in [7, 11) is 0. The molecule has 1 fully saturated rings. The third-order valence-electron chi connectivity index (χ3n) is 3.40. The molecule has 2 atom stereocenters. The van der Waals surface area contributed by atoms with Gasteiger partial charge in [-0.2, -0.15) is 0 Å². The zero-order valence-electron chi connectivity index (χ0n) is 10.9. The summed E-state index contributed by atoms with van der Waals surface area (Å²) in [6, 6.07) is 1.73. The molecule has 2 rings (SSSR count). The van der Waals surface area contributed by atoms with E-state index < -0.39 is 11.6 Å². The van der Waals surface area contributed by atoms with Gasteiger partial charge in [-0.25, -0.2) is 8.78 Å². The molecule has 1 aliphatic rings. The summed E-state index contributed by atoms with van der Waals surface area (Å²) in [5.74, 6) is -1.62. The first-order valence-electron chi connectivity index (χ1n) is 6.32. The molecule has 0 bridgehead atoms. The molecule has 104 valence electrons. The second kappa shape index (κ2) is 5.45. The Bertz CT molecular complexity index is 496. The first-order chi connectivity index (χ1) is 8.88. The summed E-state index contributed by atoms with van der Waals surface area (Å²) >= 11 is 5.83. The highest BCUT2D eigenvalue weighted by molar-refractivity contribution is 6.33. The highest BCUT2D eigenvalue weighted by Crippen LogP contribution is 2.26. The van der Waals surface area contributed by atoms with Gasteiger partial charge in [0, 0.05) is 13.1 Å². The number of piperidine rings is 1. The topological polar surface area (TPSA) is 20.3 Å². The van der Waals surface area contributed by atoms with Gasteiger partial charge in [-0.15, -0.1) is 0 Å². The van der Waals surface area contributed by atoms with Crippen LogP contribution in [0.5, 0.6) is 0 Å². The van der Waals surface area contributed by atoms with E-state index in [4.69, 9.17) is 11.6 Å². The summed E-state index contributed by atoms with van der Waals surface area (Å²) in [5.41, 5.74) is 0.0295. The molecule has 1 aliphatic heterocycles. The van der Waals surface area contributed by atoms with Crippen LogP contribution in [0.3, 0.4) is 0 Å². The lowest BCUT2D eigenvalue weighted by atomic mass is 9.91. The maximum absolute atomic E-state index is 13.2. The van der Waals surface area contributed by atoms with Crippen LogP contribution in [0.1, 0.15) is 30.6 Å². The molecule has 2 nitrogen and oxygen atoms in total. The molecule has 1 aromatic carbocycles. The third-order valence-corrected chi connectivity index (χ3v) is 3.71. The summed E-state index contributed by atoms with van der Waals surface area (Å²) in [6.07, 6.45) is 1.06. The van der Waals surface area contributed by atoms with E-state index >= 15 is 0 Å². The lowest BCUT2D eigenvalue weighted by molar-refractivity contribution is 0.0622. The zero-order valence-corrected chi connectivity index (χ0v) is 11.7. The molecular formula is C14H16ClF2NO. The fraction of sp³-hybridized carbons (Fsp3) is 0.500. The van der Waals surface area contributed by atoms with Crippen LogP contribution in [0, 0.1) is 23.5 Å². The maximum atomic E-state index is 13.2. The summed E-state index contributed by atoms with van der Waals surface area (Å²) in [4.78, 5) is 14.0. The average Bonchev–Trinajstić information content (AvgIpc) is 2.31. The number of nitrogens with zero attached hydrogens (tertiary/aromatic N) is 1. The van der Waals surface area contributed by atoms with Crippen molar-refractivity contribution in [2.45, 2.75) is 20.3 Å². The lowest BCUT2D eigenvalue weighted by Gasteiger charge is -2.35. The van der Waals surface area contributed by atoms with Gasteiger partial charge in [0.15, 0.2) is 11.6 Å². The van der Waals surface area contributed by atoms with Crippen LogP contribution in [0.15, 0.2) is 12.1 Å². The maximum Gasteiger partial charge on any atom is 0.255 e. The molecule has 0 radical (unpaired) electrons. The van der Waals surface area contributed by atoms with Gasteiger partial charge < -0.3 is 4.90 Å². The van der Waals surface area contributed by atoms with Crippen molar-refractivity contribution in [3.63, 3.8) is 0 Å². The predicted octanol–water partition coefficient (Wildman–Crippen LogP) is 3.74. The summed E-state index contributed by atoms with van der Waals surface area (Å²) in [6.45, 7) is 5.39. The van der Waals surface area contributed by atoms with E-state index in [1.54, 1.807) is 4.90 Å². The molecular weight excluding hydrogens is 272 g/mol. The van der Waals surface area contributed by atoms with E-state index in [9.17, 15) is 13.6 Å². The monoisotopic (exact) mass is 287 g/mol. The second-order valence-electron chi connectivity index (χ2n) is 5.40. The van der Waals surface area contributed by atoms with Crippen molar-refractivity contribution in [2.24, 2.45) is 11.8 Å². The molecule has 0 aromatic heterocycles. The fourth-order valence-corrected chi connectivity index (χ4v) is 2.92. The van der Waals surface area contributed by atoms with Gasteiger partial charge in [0.2, 0.25) is 0 Å². The van der Waals surface area contributed by atoms with Crippen LogP contribution < -0.4 is 0 Å². The Balaban J connectivity index is 2.26. The molecule has 1 amide bonds. The first-order valence-corrected chi connectivity index (χ1v) is 6.70. The predicted molar refractivity (Wildman–Crippen MR) is 70.2 cm³/mol. The van der Waals surface area contributed by atoms with Crippen molar-refractivity contribution in [1.29, 1.82) is 0 Å². The number of carbonyl (C=O) groups is 1. The number of halogens is 3. The number of rotatable bonds is 1. The Morgan fingerprint density at radius 3 is 2.32 bits per heavy atom.